The molecule has 43 heavy (non-hydrogen) atoms. The third-order valence-electron chi connectivity index (χ3n) is 8.32. The van der Waals surface area contributed by atoms with Gasteiger partial charge in [0.05, 0.1) is 0 Å². The summed E-state index contributed by atoms with van der Waals surface area (Å²) < 4.78 is 22.9. The first-order valence-electron chi connectivity index (χ1n) is 15.3. The van der Waals surface area contributed by atoms with Crippen molar-refractivity contribution in [3.05, 3.63) is 33.4 Å². The molecule has 1 aliphatic heterocycles. The van der Waals surface area contributed by atoms with Crippen molar-refractivity contribution in [2.24, 2.45) is 10.8 Å². The quantitative estimate of drug-likeness (QED) is 0.0864. The minimum atomic E-state index is -3.28. The number of hydrogen-bond donors (Lipinski definition) is 0. The third kappa shape index (κ3) is 8.13. The average molecular weight is 709 g/mol. The molecule has 2 fully saturated rings. The SMILES string of the molecule is C=CCC(C[C](=C1CC(C(=O)OCC)(C(=O)OCC)CC1=CB1N(C)CCN1C)[Sn]([CH3])([CH3])[CH3])(C(=O)OCC)C(=O)OCC. The molecule has 240 valence electrons. The second-order valence-electron chi connectivity index (χ2n) is 12.3. The van der Waals surface area contributed by atoms with Crippen LogP contribution in [-0.2, 0) is 38.1 Å². The van der Waals surface area contributed by atoms with Crippen LogP contribution < -0.4 is 0 Å². The van der Waals surface area contributed by atoms with E-state index in [0.29, 0.717) is 0 Å². The maximum atomic E-state index is 13.7. The van der Waals surface area contributed by atoms with Gasteiger partial charge in [0.2, 0.25) is 0 Å². The van der Waals surface area contributed by atoms with Gasteiger partial charge in [-0.2, -0.15) is 0 Å². The molecule has 0 bridgehead atoms. The summed E-state index contributed by atoms with van der Waals surface area (Å²) in [5, 5.41) is 0. The Hall–Kier alpha value is -2.12. The van der Waals surface area contributed by atoms with Crippen molar-refractivity contribution in [1.82, 2.24) is 9.62 Å². The molecule has 0 unspecified atom stereocenters. The fourth-order valence-corrected chi connectivity index (χ4v) is 11.7. The summed E-state index contributed by atoms with van der Waals surface area (Å²) >= 11 is -3.28. The van der Waals surface area contributed by atoms with E-state index >= 15 is 0 Å². The van der Waals surface area contributed by atoms with E-state index in [1.165, 1.54) is 0 Å². The Kier molecular flexibility index (Phi) is 13.6. The van der Waals surface area contributed by atoms with Crippen LogP contribution in [0.4, 0.5) is 0 Å². The molecular formula is C31H51BN2O8Sn. The maximum absolute atomic E-state index is 13.7. The van der Waals surface area contributed by atoms with Crippen LogP contribution in [0, 0.1) is 10.8 Å². The molecule has 0 radical (unpaired) electrons. The molecule has 0 spiro atoms. The van der Waals surface area contributed by atoms with Crippen LogP contribution in [0.2, 0.25) is 14.8 Å². The van der Waals surface area contributed by atoms with Crippen LogP contribution in [0.25, 0.3) is 0 Å². The standard InChI is InChI=1S/C28H42BN2O8.3CH3.Sn/c1-8-14-27(23(32)36-9-2,24(33)37-10-3)15-13-21-18-28(25(34)38-11-4,26(35)39-12-5)19-22(21)20-29-30(6)16-17-31(29)7;;;;/h8,20H,1,9-12,14-19H2,2-7H3;3*1H3;. The predicted molar refractivity (Wildman–Crippen MR) is 170 cm³/mol. The van der Waals surface area contributed by atoms with Crippen LogP contribution in [0.1, 0.15) is 53.4 Å². The van der Waals surface area contributed by atoms with Crippen LogP contribution >= 0.6 is 0 Å². The molecule has 1 heterocycles. The zero-order chi connectivity index (χ0) is 32.6. The molecule has 2 rings (SSSR count). The van der Waals surface area contributed by atoms with E-state index in [2.05, 4.69) is 37.0 Å². The molecular weight excluding hydrogens is 658 g/mol. The first-order chi connectivity index (χ1) is 20.2. The molecule has 1 saturated heterocycles. The fourth-order valence-electron chi connectivity index (χ4n) is 6.01. The predicted octanol–water partition coefficient (Wildman–Crippen LogP) is 3.98. The fraction of sp³-hybridized carbons (Fsp3) is 0.677. The first-order valence-corrected chi connectivity index (χ1v) is 25.3. The number of nitrogens with zero attached hydrogens (tertiary/aromatic N) is 2. The van der Waals surface area contributed by atoms with Crippen LogP contribution in [-0.4, -0.2) is 112 Å². The van der Waals surface area contributed by atoms with Crippen molar-refractivity contribution < 1.29 is 38.1 Å². The molecule has 0 aromatic carbocycles. The molecule has 0 amide bonds. The summed E-state index contributed by atoms with van der Waals surface area (Å²) in [4.78, 5) is 65.6. The van der Waals surface area contributed by atoms with Gasteiger partial charge in [-0.3, -0.25) is 0 Å². The normalized spacial score (nSPS) is 19.7. The molecule has 1 aliphatic carbocycles. The summed E-state index contributed by atoms with van der Waals surface area (Å²) in [5.74, 6) is -0.465. The topological polar surface area (TPSA) is 112 Å². The van der Waals surface area contributed by atoms with Crippen molar-refractivity contribution in [1.29, 1.82) is 0 Å². The number of rotatable bonds is 14. The molecule has 12 heteroatoms. The Bertz CT molecular complexity index is 1080. The zero-order valence-electron chi connectivity index (χ0n) is 27.7. The second-order valence-corrected chi connectivity index (χ2v) is 26.9. The number of esters is 4. The van der Waals surface area contributed by atoms with Gasteiger partial charge in [-0.05, 0) is 0 Å². The van der Waals surface area contributed by atoms with Gasteiger partial charge in [0, 0.05) is 0 Å². The Balaban J connectivity index is 2.98. The van der Waals surface area contributed by atoms with Gasteiger partial charge in [-0.25, -0.2) is 0 Å². The molecule has 0 aromatic rings. The van der Waals surface area contributed by atoms with Gasteiger partial charge >= 0.3 is 263 Å². The number of hydrogen-bond acceptors (Lipinski definition) is 10. The van der Waals surface area contributed by atoms with Crippen LogP contribution in [0.3, 0.4) is 0 Å². The van der Waals surface area contributed by atoms with Gasteiger partial charge in [0.1, 0.15) is 0 Å². The summed E-state index contributed by atoms with van der Waals surface area (Å²) in [7, 11) is 4.07. The minimum absolute atomic E-state index is 0.0252. The van der Waals surface area contributed by atoms with E-state index < -0.39 is 53.1 Å². The molecule has 10 nitrogen and oxygen atoms in total. The number of carbonyl (C=O) groups is 4. The number of likely N-dealkylation sites (N-methyl/N-ethyl adjacent to an activating group) is 2. The number of allylic oxidation sites excluding steroid dienone is 4. The van der Waals surface area contributed by atoms with Crippen LogP contribution in [0.15, 0.2) is 33.4 Å². The van der Waals surface area contributed by atoms with Crippen molar-refractivity contribution >= 4 is 49.2 Å². The van der Waals surface area contributed by atoms with Crippen molar-refractivity contribution in [3.8, 4) is 0 Å². The number of carbonyl (C=O) groups excluding carboxylic acids is 4. The first kappa shape index (κ1) is 37.1. The van der Waals surface area contributed by atoms with Crippen LogP contribution in [0.5, 0.6) is 0 Å². The van der Waals surface area contributed by atoms with Gasteiger partial charge in [0.15, 0.2) is 0 Å². The number of ether oxygens (including phenoxy) is 4. The zero-order valence-corrected chi connectivity index (χ0v) is 30.5. The molecule has 2 aliphatic rings. The van der Waals surface area contributed by atoms with E-state index in [4.69, 9.17) is 18.9 Å². The monoisotopic (exact) mass is 710 g/mol. The second kappa shape index (κ2) is 15.7. The summed E-state index contributed by atoms with van der Waals surface area (Å²) in [6, 6.07) is 0. The summed E-state index contributed by atoms with van der Waals surface area (Å²) in [6.45, 7) is 12.8. The molecule has 1 saturated carbocycles. The van der Waals surface area contributed by atoms with Crippen molar-refractivity contribution in [2.75, 3.05) is 53.6 Å². The van der Waals surface area contributed by atoms with E-state index in [1.54, 1.807) is 33.8 Å². The molecule has 0 atom stereocenters. The van der Waals surface area contributed by atoms with E-state index in [1.807, 2.05) is 14.1 Å². The van der Waals surface area contributed by atoms with Gasteiger partial charge in [-0.1, -0.05) is 0 Å². The van der Waals surface area contributed by atoms with E-state index in [-0.39, 0.29) is 59.1 Å². The third-order valence-corrected chi connectivity index (χ3v) is 14.9. The molecule has 0 N–H and O–H groups in total. The summed E-state index contributed by atoms with van der Waals surface area (Å²) in [6.07, 6.45) is 1.80. The summed E-state index contributed by atoms with van der Waals surface area (Å²) in [5.41, 5.74) is -1.54. The van der Waals surface area contributed by atoms with E-state index in [0.717, 1.165) is 27.8 Å². The Morgan fingerprint density at radius 2 is 1.33 bits per heavy atom. The van der Waals surface area contributed by atoms with Gasteiger partial charge in [0.25, 0.3) is 0 Å². The van der Waals surface area contributed by atoms with E-state index in [9.17, 15) is 19.2 Å². The van der Waals surface area contributed by atoms with Crippen molar-refractivity contribution in [2.45, 2.75) is 68.2 Å². The molecule has 0 aromatic heterocycles. The Morgan fingerprint density at radius 1 is 0.860 bits per heavy atom. The van der Waals surface area contributed by atoms with Crippen molar-refractivity contribution in [3.63, 3.8) is 0 Å². The average Bonchev–Trinajstić information content (AvgIpc) is 3.47. The van der Waals surface area contributed by atoms with Gasteiger partial charge < -0.3 is 0 Å². The van der Waals surface area contributed by atoms with Gasteiger partial charge in [-0.15, -0.1) is 0 Å². The Morgan fingerprint density at radius 3 is 1.72 bits per heavy atom. The Labute approximate surface area is 262 Å².